The largest absolute Gasteiger partial charge is 0.346 e. The highest BCUT2D eigenvalue weighted by molar-refractivity contribution is 7.91. The number of fused-ring (bicyclic) bond motifs is 1. The molecule has 2 amide bonds. The monoisotopic (exact) mass is 451 g/mol. The van der Waals surface area contributed by atoms with Crippen LogP contribution in [0.15, 0.2) is 47.4 Å². The molecule has 2 aromatic rings. The Hall–Kier alpha value is -2.49. The van der Waals surface area contributed by atoms with Gasteiger partial charge in [-0.15, -0.1) is 0 Å². The van der Waals surface area contributed by atoms with E-state index in [1.807, 2.05) is 0 Å². The quantitative estimate of drug-likeness (QED) is 0.737. The Balaban J connectivity index is 1.76. The Labute approximate surface area is 177 Å². The molecule has 7 nitrogen and oxygen atoms in total. The van der Waals surface area contributed by atoms with Gasteiger partial charge in [-0.1, -0.05) is 23.7 Å². The maximum Gasteiger partial charge on any atom is 0.251 e. The third-order valence-electron chi connectivity index (χ3n) is 5.11. The van der Waals surface area contributed by atoms with Crippen molar-refractivity contribution in [1.29, 1.82) is 0 Å². The van der Waals surface area contributed by atoms with Crippen LogP contribution < -0.4 is 16.0 Å². The van der Waals surface area contributed by atoms with E-state index in [0.717, 1.165) is 0 Å². The molecule has 30 heavy (non-hydrogen) atoms. The molecule has 158 valence electrons. The standard InChI is InChI=1S/C20H19ClFN3O4S/c21-13-4-1-11(2-5-13)9-25-17-7-12(19(26)24-16-8-14(16)22)3-6-18(17)30(28,29)10-15(23)20(25)27/h1-7,14-16H,8-10,23H2,(H,24,26)/t14-,15-,16+/m0/s1. The van der Waals surface area contributed by atoms with E-state index in [1.165, 1.54) is 23.1 Å². The van der Waals surface area contributed by atoms with E-state index >= 15 is 0 Å². The average Bonchev–Trinajstić information content (AvgIpc) is 3.40. The van der Waals surface area contributed by atoms with Crippen LogP contribution in [0.3, 0.4) is 0 Å². The number of anilines is 1. The zero-order chi connectivity index (χ0) is 21.6. The molecule has 0 spiro atoms. The second-order valence-corrected chi connectivity index (χ2v) is 9.89. The number of amides is 2. The van der Waals surface area contributed by atoms with Gasteiger partial charge < -0.3 is 16.0 Å². The minimum atomic E-state index is -3.85. The fourth-order valence-corrected chi connectivity index (χ4v) is 5.03. The molecule has 1 heterocycles. The predicted octanol–water partition coefficient (Wildman–Crippen LogP) is 1.83. The molecule has 3 atom stereocenters. The number of benzene rings is 2. The van der Waals surface area contributed by atoms with Crippen molar-refractivity contribution in [2.24, 2.45) is 5.73 Å². The van der Waals surface area contributed by atoms with Gasteiger partial charge >= 0.3 is 0 Å². The summed E-state index contributed by atoms with van der Waals surface area (Å²) in [6.07, 6.45) is -0.822. The van der Waals surface area contributed by atoms with Crippen LogP contribution in [0.25, 0.3) is 0 Å². The topological polar surface area (TPSA) is 110 Å². The Kier molecular flexibility index (Phi) is 5.29. The van der Waals surface area contributed by atoms with E-state index in [0.29, 0.717) is 10.6 Å². The fourth-order valence-electron chi connectivity index (χ4n) is 3.35. The molecule has 0 saturated heterocycles. The lowest BCUT2D eigenvalue weighted by atomic mass is 10.1. The van der Waals surface area contributed by atoms with E-state index in [-0.39, 0.29) is 29.1 Å². The van der Waals surface area contributed by atoms with E-state index in [9.17, 15) is 22.4 Å². The number of carbonyl (C=O) groups is 2. The highest BCUT2D eigenvalue weighted by atomic mass is 35.5. The summed E-state index contributed by atoms with van der Waals surface area (Å²) in [5.74, 6) is -1.64. The van der Waals surface area contributed by atoms with Gasteiger partial charge in [0, 0.05) is 17.0 Å². The molecule has 2 aliphatic rings. The van der Waals surface area contributed by atoms with Gasteiger partial charge in [-0.3, -0.25) is 9.59 Å². The number of alkyl halides is 1. The van der Waals surface area contributed by atoms with Crippen molar-refractivity contribution < 1.29 is 22.4 Å². The molecule has 4 rings (SSSR count). The number of hydrogen-bond donors (Lipinski definition) is 2. The van der Waals surface area contributed by atoms with Gasteiger partial charge in [0.2, 0.25) is 5.91 Å². The van der Waals surface area contributed by atoms with Crippen molar-refractivity contribution in [2.45, 2.75) is 36.1 Å². The average molecular weight is 452 g/mol. The van der Waals surface area contributed by atoms with Crippen LogP contribution in [0.5, 0.6) is 0 Å². The number of sulfone groups is 1. The summed E-state index contributed by atoms with van der Waals surface area (Å²) >= 11 is 5.91. The van der Waals surface area contributed by atoms with Gasteiger partial charge in [0.1, 0.15) is 6.17 Å². The second-order valence-electron chi connectivity index (χ2n) is 7.45. The molecule has 3 N–H and O–H groups in total. The lowest BCUT2D eigenvalue weighted by Crippen LogP contribution is -2.45. The van der Waals surface area contributed by atoms with Gasteiger partial charge in [-0.05, 0) is 35.9 Å². The molecule has 1 aliphatic heterocycles. The zero-order valence-corrected chi connectivity index (χ0v) is 17.3. The van der Waals surface area contributed by atoms with Crippen LogP contribution in [0, 0.1) is 0 Å². The first-order valence-electron chi connectivity index (χ1n) is 9.29. The van der Waals surface area contributed by atoms with Crippen LogP contribution >= 0.6 is 11.6 Å². The van der Waals surface area contributed by atoms with Crippen molar-refractivity contribution in [3.63, 3.8) is 0 Å². The minimum absolute atomic E-state index is 0.0481. The normalized spacial score (nSPS) is 24.7. The maximum atomic E-state index is 13.1. The molecule has 1 fully saturated rings. The molecule has 2 aromatic carbocycles. The lowest BCUT2D eigenvalue weighted by Gasteiger charge is -2.24. The van der Waals surface area contributed by atoms with E-state index in [2.05, 4.69) is 5.32 Å². The van der Waals surface area contributed by atoms with Crippen LogP contribution in [0.4, 0.5) is 10.1 Å². The van der Waals surface area contributed by atoms with E-state index in [4.69, 9.17) is 17.3 Å². The molecular weight excluding hydrogens is 433 g/mol. The van der Waals surface area contributed by atoms with Crippen molar-refractivity contribution in [3.05, 3.63) is 58.6 Å². The van der Waals surface area contributed by atoms with Gasteiger partial charge in [0.05, 0.1) is 35.0 Å². The first-order valence-corrected chi connectivity index (χ1v) is 11.3. The van der Waals surface area contributed by atoms with Crippen molar-refractivity contribution >= 4 is 38.9 Å². The highest BCUT2D eigenvalue weighted by Crippen LogP contribution is 2.33. The number of rotatable bonds is 4. The minimum Gasteiger partial charge on any atom is -0.346 e. The van der Waals surface area contributed by atoms with Crippen molar-refractivity contribution in [2.75, 3.05) is 10.7 Å². The van der Waals surface area contributed by atoms with Gasteiger partial charge in [-0.2, -0.15) is 0 Å². The summed E-state index contributed by atoms with van der Waals surface area (Å²) in [5, 5.41) is 3.07. The van der Waals surface area contributed by atoms with Crippen LogP contribution in [-0.4, -0.2) is 44.2 Å². The van der Waals surface area contributed by atoms with Gasteiger partial charge in [0.25, 0.3) is 5.91 Å². The molecule has 0 aromatic heterocycles. The summed E-state index contributed by atoms with van der Waals surface area (Å²) < 4.78 is 38.7. The lowest BCUT2D eigenvalue weighted by molar-refractivity contribution is -0.119. The van der Waals surface area contributed by atoms with E-state index < -0.39 is 45.7 Å². The molecule has 0 unspecified atom stereocenters. The first kappa shape index (κ1) is 20.8. The predicted molar refractivity (Wildman–Crippen MR) is 110 cm³/mol. The third kappa shape index (κ3) is 4.05. The third-order valence-corrected chi connectivity index (χ3v) is 7.18. The van der Waals surface area contributed by atoms with Crippen LogP contribution in [0.2, 0.25) is 5.02 Å². The summed E-state index contributed by atoms with van der Waals surface area (Å²) in [4.78, 5) is 26.6. The van der Waals surface area contributed by atoms with E-state index in [1.54, 1.807) is 24.3 Å². The molecular formula is C20H19ClFN3O4S. The number of nitrogens with one attached hydrogen (secondary N) is 1. The molecule has 1 aliphatic carbocycles. The SMILES string of the molecule is N[C@H]1CS(=O)(=O)c2ccc(C(=O)N[C@@H]3C[C@@H]3F)cc2N(Cc2ccc(Cl)cc2)C1=O. The summed E-state index contributed by atoms with van der Waals surface area (Å²) in [6, 6.07) is 8.93. The number of hydrogen-bond acceptors (Lipinski definition) is 5. The summed E-state index contributed by atoms with van der Waals surface area (Å²) in [6.45, 7) is 0.0481. The first-order chi connectivity index (χ1) is 14.2. The number of carbonyl (C=O) groups excluding carboxylic acids is 2. The second kappa shape index (κ2) is 7.64. The van der Waals surface area contributed by atoms with Gasteiger partial charge in [0.15, 0.2) is 9.84 Å². The number of nitrogens with two attached hydrogens (primary N) is 1. The summed E-state index contributed by atoms with van der Waals surface area (Å²) in [5.41, 5.74) is 6.79. The number of halogens is 2. The van der Waals surface area contributed by atoms with Crippen molar-refractivity contribution in [1.82, 2.24) is 5.32 Å². The summed E-state index contributed by atoms with van der Waals surface area (Å²) in [7, 11) is -3.85. The Morgan fingerprint density at radius 2 is 1.90 bits per heavy atom. The zero-order valence-electron chi connectivity index (χ0n) is 15.7. The highest BCUT2D eigenvalue weighted by Gasteiger charge is 2.40. The Morgan fingerprint density at radius 1 is 1.23 bits per heavy atom. The maximum absolute atomic E-state index is 13.1. The smallest absolute Gasteiger partial charge is 0.251 e. The fraction of sp³-hybridized carbons (Fsp3) is 0.300. The van der Waals surface area contributed by atoms with Gasteiger partial charge in [-0.25, -0.2) is 12.8 Å². The molecule has 0 radical (unpaired) electrons. The van der Waals surface area contributed by atoms with Crippen LogP contribution in [0.1, 0.15) is 22.3 Å². The van der Waals surface area contributed by atoms with Crippen molar-refractivity contribution in [3.8, 4) is 0 Å². The Morgan fingerprint density at radius 3 is 2.53 bits per heavy atom. The van der Waals surface area contributed by atoms with Crippen LogP contribution in [-0.2, 0) is 21.2 Å². The Bertz CT molecular complexity index is 1120. The molecule has 0 bridgehead atoms. The number of nitrogens with zero attached hydrogens (tertiary/aromatic N) is 1. The molecule has 10 heteroatoms. The molecule has 1 saturated carbocycles.